The molecule has 0 heterocycles. The Morgan fingerprint density at radius 2 is 2.12 bits per heavy atom. The van der Waals surface area contributed by atoms with E-state index < -0.39 is 11.8 Å². The number of hydrogen-bond donors (Lipinski definition) is 0. The smallest absolute Gasteiger partial charge is 0.340 e. The van der Waals surface area contributed by atoms with Crippen molar-refractivity contribution in [2.45, 2.75) is 18.8 Å². The minimum atomic E-state index is -0.686. The van der Waals surface area contributed by atoms with Gasteiger partial charge in [0.25, 0.3) is 0 Å². The van der Waals surface area contributed by atoms with E-state index in [-0.39, 0.29) is 17.3 Å². The van der Waals surface area contributed by atoms with Crippen LogP contribution < -0.4 is 0 Å². The van der Waals surface area contributed by atoms with Gasteiger partial charge in [-0.3, -0.25) is 4.79 Å². The molecule has 0 N–H and O–H groups in total. The van der Waals surface area contributed by atoms with E-state index in [1.165, 1.54) is 19.2 Å². The van der Waals surface area contributed by atoms with Crippen LogP contribution in [0.2, 0.25) is 0 Å². The fraction of sp³-hybridized carbons (Fsp3) is 0.333. The predicted molar refractivity (Wildman–Crippen MR) is 54.7 cm³/mol. The highest BCUT2D eigenvalue weighted by atomic mass is 19.1. The third-order valence-corrected chi connectivity index (χ3v) is 2.82. The number of carbonyl (C=O) groups excluding carboxylic acids is 2. The first-order valence-corrected chi connectivity index (χ1v) is 5.01. The van der Waals surface area contributed by atoms with Crippen molar-refractivity contribution < 1.29 is 18.7 Å². The minimum absolute atomic E-state index is 0.0723. The summed E-state index contributed by atoms with van der Waals surface area (Å²) in [5.74, 6) is -0.978. The Kier molecular flexibility index (Phi) is 2.73. The first kappa shape index (κ1) is 10.8. The number of ketones is 1. The molecular formula is C12H11FO3. The van der Waals surface area contributed by atoms with Crippen LogP contribution in [0.4, 0.5) is 4.39 Å². The molecule has 0 aliphatic heterocycles. The summed E-state index contributed by atoms with van der Waals surface area (Å²) in [5, 5.41) is 0. The first-order chi connectivity index (χ1) is 7.61. The van der Waals surface area contributed by atoms with Gasteiger partial charge in [0.2, 0.25) is 0 Å². The average Bonchev–Trinajstić information content (AvgIpc) is 2.23. The van der Waals surface area contributed by atoms with Crippen LogP contribution in [0.15, 0.2) is 18.2 Å². The molecule has 0 spiro atoms. The van der Waals surface area contributed by atoms with E-state index in [4.69, 9.17) is 0 Å². The van der Waals surface area contributed by atoms with E-state index in [0.29, 0.717) is 12.8 Å². The number of carbonyl (C=O) groups is 2. The molecule has 2 rings (SSSR count). The Labute approximate surface area is 92.2 Å². The van der Waals surface area contributed by atoms with Gasteiger partial charge < -0.3 is 4.74 Å². The van der Waals surface area contributed by atoms with Gasteiger partial charge in [0, 0.05) is 12.8 Å². The minimum Gasteiger partial charge on any atom is -0.465 e. The number of benzene rings is 1. The highest BCUT2D eigenvalue weighted by molar-refractivity contribution is 5.90. The molecule has 0 unspecified atom stereocenters. The number of rotatable bonds is 2. The molecule has 0 amide bonds. The monoisotopic (exact) mass is 222 g/mol. The lowest BCUT2D eigenvalue weighted by Gasteiger charge is -2.24. The van der Waals surface area contributed by atoms with Gasteiger partial charge in [-0.15, -0.1) is 0 Å². The average molecular weight is 222 g/mol. The molecule has 84 valence electrons. The highest BCUT2D eigenvalue weighted by Crippen LogP contribution is 2.34. The third kappa shape index (κ3) is 1.83. The van der Waals surface area contributed by atoms with E-state index in [9.17, 15) is 14.0 Å². The fourth-order valence-corrected chi connectivity index (χ4v) is 1.79. The van der Waals surface area contributed by atoms with Gasteiger partial charge in [-0.2, -0.15) is 0 Å². The molecule has 0 bridgehead atoms. The van der Waals surface area contributed by atoms with Crippen molar-refractivity contribution in [2.24, 2.45) is 0 Å². The number of halogens is 1. The third-order valence-electron chi connectivity index (χ3n) is 2.82. The van der Waals surface area contributed by atoms with Crippen LogP contribution in [0.3, 0.4) is 0 Å². The number of hydrogen-bond acceptors (Lipinski definition) is 3. The second-order valence-electron chi connectivity index (χ2n) is 3.87. The number of methoxy groups -OCH3 is 1. The molecule has 4 heteroatoms. The van der Waals surface area contributed by atoms with Crippen molar-refractivity contribution in [3.05, 3.63) is 35.1 Å². The van der Waals surface area contributed by atoms with Crippen molar-refractivity contribution >= 4 is 11.8 Å². The van der Waals surface area contributed by atoms with E-state index in [1.807, 2.05) is 0 Å². The maximum atomic E-state index is 13.5. The Morgan fingerprint density at radius 3 is 2.62 bits per heavy atom. The molecule has 3 nitrogen and oxygen atoms in total. The van der Waals surface area contributed by atoms with E-state index in [2.05, 4.69) is 4.74 Å². The van der Waals surface area contributed by atoms with Crippen molar-refractivity contribution in [3.63, 3.8) is 0 Å². The lowest BCUT2D eigenvalue weighted by molar-refractivity contribution is -0.124. The lowest BCUT2D eigenvalue weighted by Crippen LogP contribution is -2.21. The molecule has 1 saturated carbocycles. The molecule has 0 radical (unpaired) electrons. The topological polar surface area (TPSA) is 43.4 Å². The normalized spacial score (nSPS) is 15.8. The van der Waals surface area contributed by atoms with Gasteiger partial charge in [-0.05, 0) is 23.6 Å². The lowest BCUT2D eigenvalue weighted by atomic mass is 9.79. The van der Waals surface area contributed by atoms with Crippen LogP contribution in [0.1, 0.15) is 34.7 Å². The maximum Gasteiger partial charge on any atom is 0.340 e. The molecule has 16 heavy (non-hydrogen) atoms. The van der Waals surface area contributed by atoms with E-state index >= 15 is 0 Å². The van der Waals surface area contributed by atoms with Gasteiger partial charge in [0.1, 0.15) is 11.6 Å². The summed E-state index contributed by atoms with van der Waals surface area (Å²) in [5.41, 5.74) is 0.696. The summed E-state index contributed by atoms with van der Waals surface area (Å²) in [6.45, 7) is 0. The molecule has 0 aromatic heterocycles. The molecule has 1 aliphatic carbocycles. The largest absolute Gasteiger partial charge is 0.465 e. The van der Waals surface area contributed by atoms with Crippen LogP contribution in [-0.4, -0.2) is 18.9 Å². The van der Waals surface area contributed by atoms with Crippen molar-refractivity contribution in [1.29, 1.82) is 0 Å². The van der Waals surface area contributed by atoms with Crippen molar-refractivity contribution in [3.8, 4) is 0 Å². The predicted octanol–water partition coefficient (Wildman–Crippen LogP) is 2.06. The molecule has 1 fully saturated rings. The second-order valence-corrected chi connectivity index (χ2v) is 3.87. The summed E-state index contributed by atoms with van der Waals surface area (Å²) in [7, 11) is 1.21. The van der Waals surface area contributed by atoms with Crippen LogP contribution in [-0.2, 0) is 9.53 Å². The molecule has 1 aromatic rings. The second kappa shape index (κ2) is 4.04. The molecule has 0 atom stereocenters. The number of Topliss-reactive ketones (excluding diaryl/α,β-unsaturated/α-hetero) is 1. The van der Waals surface area contributed by atoms with Gasteiger partial charge in [0.05, 0.1) is 12.7 Å². The van der Waals surface area contributed by atoms with Crippen LogP contribution in [0.25, 0.3) is 0 Å². The Hall–Kier alpha value is -1.71. The van der Waals surface area contributed by atoms with Crippen molar-refractivity contribution in [1.82, 2.24) is 0 Å². The molecule has 1 aliphatic rings. The van der Waals surface area contributed by atoms with Crippen LogP contribution in [0.5, 0.6) is 0 Å². The van der Waals surface area contributed by atoms with E-state index in [0.717, 1.165) is 5.56 Å². The number of esters is 1. The summed E-state index contributed by atoms with van der Waals surface area (Å²) in [6.07, 6.45) is 0.939. The number of ether oxygens (including phenoxy) is 1. The molecular weight excluding hydrogens is 211 g/mol. The van der Waals surface area contributed by atoms with Gasteiger partial charge >= 0.3 is 5.97 Å². The highest BCUT2D eigenvalue weighted by Gasteiger charge is 2.28. The Bertz CT molecular complexity index is 446. The van der Waals surface area contributed by atoms with Crippen molar-refractivity contribution in [2.75, 3.05) is 7.11 Å². The zero-order valence-electron chi connectivity index (χ0n) is 8.83. The van der Waals surface area contributed by atoms with Crippen LogP contribution >= 0.6 is 0 Å². The quantitative estimate of drug-likeness (QED) is 0.719. The van der Waals surface area contributed by atoms with E-state index in [1.54, 1.807) is 6.07 Å². The van der Waals surface area contributed by atoms with Gasteiger partial charge in [-0.1, -0.05) is 6.07 Å². The van der Waals surface area contributed by atoms with Crippen LogP contribution in [0, 0.1) is 5.82 Å². The Balaban J connectivity index is 2.22. The summed E-state index contributed by atoms with van der Waals surface area (Å²) in [4.78, 5) is 22.0. The molecule has 0 saturated heterocycles. The fourth-order valence-electron chi connectivity index (χ4n) is 1.79. The zero-order valence-corrected chi connectivity index (χ0v) is 8.83. The summed E-state index contributed by atoms with van der Waals surface area (Å²) >= 11 is 0. The summed E-state index contributed by atoms with van der Waals surface area (Å²) < 4.78 is 18.0. The van der Waals surface area contributed by atoms with Gasteiger partial charge in [0.15, 0.2) is 0 Å². The maximum absolute atomic E-state index is 13.5. The standard InChI is InChI=1S/C12H11FO3/c1-16-12(15)10-3-2-7(6-11(10)13)8-4-9(14)5-8/h2-3,6,8H,4-5H2,1H3. The summed E-state index contributed by atoms with van der Waals surface area (Å²) in [6, 6.07) is 4.38. The Morgan fingerprint density at radius 1 is 1.44 bits per heavy atom. The molecule has 1 aromatic carbocycles. The SMILES string of the molecule is COC(=O)c1ccc(C2CC(=O)C2)cc1F. The zero-order chi connectivity index (χ0) is 11.7. The van der Waals surface area contributed by atoms with Gasteiger partial charge in [-0.25, -0.2) is 9.18 Å². The first-order valence-electron chi connectivity index (χ1n) is 5.01.